The fourth-order valence-corrected chi connectivity index (χ4v) is 11.8. The maximum Gasteiger partial charge on any atom is -0.000779 e. The minimum absolute atomic E-state index is 0.119. The summed E-state index contributed by atoms with van der Waals surface area (Å²) in [6.45, 7) is 12.0. The molecule has 11 aromatic rings. The van der Waals surface area contributed by atoms with Crippen LogP contribution in [0.1, 0.15) is 37.5 Å². The lowest BCUT2D eigenvalue weighted by atomic mass is 9.79. The first-order chi connectivity index (χ1) is 31.3. The van der Waals surface area contributed by atoms with Gasteiger partial charge in [-0.3, -0.25) is 0 Å². The monoisotopic (exact) mass is 814 g/mol. The Morgan fingerprint density at radius 3 is 1.47 bits per heavy atom. The molecule has 2 aliphatic rings. The predicted octanol–water partition coefficient (Wildman–Crippen LogP) is 18.2. The SMILES string of the molecule is Cc1c(C)c2c3c(c(C(C)(C)C)cc4c3c1-c1cc3c(-c5ccccc5)c5ccccc5c(-c5ccccc5-c5ccccc5)c3cc1-4)-c1cc3ccccc3c(-c3ccccc3)c1-2. The van der Waals surface area contributed by atoms with Gasteiger partial charge in [-0.05, 0) is 192 Å². The molecule has 0 fully saturated rings. The van der Waals surface area contributed by atoms with Crippen molar-refractivity contribution in [1.29, 1.82) is 0 Å². The van der Waals surface area contributed by atoms with Crippen molar-refractivity contribution in [2.45, 2.75) is 40.0 Å². The third-order valence-corrected chi connectivity index (χ3v) is 14.6. The number of hydrogen-bond donors (Lipinski definition) is 0. The highest BCUT2D eigenvalue weighted by Crippen LogP contribution is 2.64. The summed E-state index contributed by atoms with van der Waals surface area (Å²) in [7, 11) is 0. The third kappa shape index (κ3) is 5.06. The molecule has 0 aromatic heterocycles. The molecule has 0 saturated heterocycles. The van der Waals surface area contributed by atoms with Crippen LogP contribution in [-0.2, 0) is 5.41 Å². The first-order valence-electron chi connectivity index (χ1n) is 22.8. The van der Waals surface area contributed by atoms with Crippen molar-refractivity contribution in [3.8, 4) is 89.0 Å². The highest BCUT2D eigenvalue weighted by atomic mass is 14.4. The average Bonchev–Trinajstić information content (AvgIpc) is 3.83. The van der Waals surface area contributed by atoms with Gasteiger partial charge in [0.1, 0.15) is 0 Å². The van der Waals surface area contributed by atoms with Crippen LogP contribution in [0.25, 0.3) is 132 Å². The lowest BCUT2D eigenvalue weighted by Gasteiger charge is -2.25. The molecule has 0 aliphatic heterocycles. The van der Waals surface area contributed by atoms with Crippen molar-refractivity contribution in [2.24, 2.45) is 0 Å². The Bertz CT molecular complexity index is 3790. The lowest BCUT2D eigenvalue weighted by Crippen LogP contribution is -2.13. The molecule has 0 unspecified atom stereocenters. The normalized spacial score (nSPS) is 12.5. The van der Waals surface area contributed by atoms with E-state index in [4.69, 9.17) is 0 Å². The van der Waals surface area contributed by atoms with Gasteiger partial charge in [0.25, 0.3) is 0 Å². The van der Waals surface area contributed by atoms with Crippen LogP contribution >= 0.6 is 0 Å². The minimum Gasteiger partial charge on any atom is -0.0622 e. The van der Waals surface area contributed by atoms with E-state index < -0.39 is 0 Å². The molecule has 0 spiro atoms. The molecule has 13 rings (SSSR count). The second-order valence-electron chi connectivity index (χ2n) is 19.1. The lowest BCUT2D eigenvalue weighted by molar-refractivity contribution is 0.593. The van der Waals surface area contributed by atoms with Gasteiger partial charge >= 0.3 is 0 Å². The summed E-state index contributed by atoms with van der Waals surface area (Å²) in [4.78, 5) is 0. The molecule has 0 amide bonds. The topological polar surface area (TPSA) is 0 Å². The Morgan fingerprint density at radius 1 is 0.281 bits per heavy atom. The van der Waals surface area contributed by atoms with Crippen molar-refractivity contribution in [1.82, 2.24) is 0 Å². The van der Waals surface area contributed by atoms with Crippen LogP contribution in [-0.4, -0.2) is 0 Å². The fraction of sp³-hybridized carbons (Fsp3) is 0.0938. The number of fused-ring (bicyclic) bond motifs is 9. The maximum absolute atomic E-state index is 2.60. The van der Waals surface area contributed by atoms with Crippen LogP contribution in [0, 0.1) is 13.8 Å². The Hall–Kier alpha value is -7.54. The quantitative estimate of drug-likeness (QED) is 0.155. The summed E-state index contributed by atoms with van der Waals surface area (Å²) >= 11 is 0. The van der Waals surface area contributed by atoms with E-state index in [0.29, 0.717) is 0 Å². The molecule has 302 valence electrons. The maximum atomic E-state index is 2.60. The third-order valence-electron chi connectivity index (χ3n) is 14.6. The second kappa shape index (κ2) is 13.5. The van der Waals surface area contributed by atoms with Gasteiger partial charge in [-0.15, -0.1) is 0 Å². The average molecular weight is 815 g/mol. The highest BCUT2D eigenvalue weighted by molar-refractivity contribution is 6.33. The van der Waals surface area contributed by atoms with E-state index in [1.54, 1.807) is 0 Å². The first-order valence-corrected chi connectivity index (χ1v) is 22.8. The molecule has 0 radical (unpaired) electrons. The molecule has 0 atom stereocenters. The standard InChI is InChI=1S/C64H46/c1-37-38(2)56-62-53(33-42-27-15-16-29-44(42)58(62)41-25-13-8-14-26-41)60-54(64(3,4)5)36-52-48-34-51-50(35-49(48)55(37)61(52)63(56)60)57(40-23-11-7-12-24-40)46-31-19-20-32-47(46)59(51)45-30-18-17-28-43(45)39-21-9-6-10-22-39/h6-36H,1-5H3. The van der Waals surface area contributed by atoms with E-state index in [-0.39, 0.29) is 5.41 Å². The van der Waals surface area contributed by atoms with Gasteiger partial charge in [0.2, 0.25) is 0 Å². The minimum atomic E-state index is -0.119. The zero-order valence-corrected chi connectivity index (χ0v) is 36.9. The van der Waals surface area contributed by atoms with Gasteiger partial charge < -0.3 is 0 Å². The Labute approximate surface area is 375 Å². The second-order valence-corrected chi connectivity index (χ2v) is 19.1. The van der Waals surface area contributed by atoms with E-state index in [9.17, 15) is 0 Å². The van der Waals surface area contributed by atoms with E-state index in [0.717, 1.165) is 0 Å². The summed E-state index contributed by atoms with van der Waals surface area (Å²) in [6, 6.07) is 70.6. The van der Waals surface area contributed by atoms with Gasteiger partial charge in [-0.25, -0.2) is 0 Å². The van der Waals surface area contributed by atoms with Gasteiger partial charge in [0.05, 0.1) is 0 Å². The molecule has 0 heteroatoms. The Kier molecular flexibility index (Phi) is 7.80. The van der Waals surface area contributed by atoms with Crippen LogP contribution in [0.4, 0.5) is 0 Å². The predicted molar refractivity (Wildman–Crippen MR) is 275 cm³/mol. The van der Waals surface area contributed by atoms with Crippen LogP contribution in [0.2, 0.25) is 0 Å². The fourth-order valence-electron chi connectivity index (χ4n) is 11.8. The number of hydrogen-bond acceptors (Lipinski definition) is 0. The largest absolute Gasteiger partial charge is 0.0622 e. The van der Waals surface area contributed by atoms with Crippen molar-refractivity contribution in [3.05, 3.63) is 205 Å². The van der Waals surface area contributed by atoms with Gasteiger partial charge in [0.15, 0.2) is 0 Å². The summed E-state index contributed by atoms with van der Waals surface area (Å²) in [5, 5.41) is 10.5. The summed E-state index contributed by atoms with van der Waals surface area (Å²) in [5.74, 6) is 0. The summed E-state index contributed by atoms with van der Waals surface area (Å²) in [5.41, 5.74) is 25.2. The van der Waals surface area contributed by atoms with Crippen molar-refractivity contribution < 1.29 is 0 Å². The van der Waals surface area contributed by atoms with Crippen LogP contribution in [0.3, 0.4) is 0 Å². The van der Waals surface area contributed by atoms with Crippen molar-refractivity contribution in [3.63, 3.8) is 0 Å². The molecular weight excluding hydrogens is 769 g/mol. The molecule has 11 aromatic carbocycles. The molecule has 0 bridgehead atoms. The van der Waals surface area contributed by atoms with E-state index in [2.05, 4.69) is 223 Å². The number of benzene rings is 11. The Morgan fingerprint density at radius 2 is 0.797 bits per heavy atom. The molecule has 0 saturated carbocycles. The smallest absolute Gasteiger partial charge is 0.000779 e. The zero-order chi connectivity index (χ0) is 43.0. The Balaban J connectivity index is 1.21. The van der Waals surface area contributed by atoms with Gasteiger partial charge in [-0.1, -0.05) is 185 Å². The summed E-state index contributed by atoms with van der Waals surface area (Å²) < 4.78 is 0. The van der Waals surface area contributed by atoms with Crippen LogP contribution in [0.15, 0.2) is 188 Å². The molecule has 64 heavy (non-hydrogen) atoms. The molecular formula is C64H46. The van der Waals surface area contributed by atoms with Crippen LogP contribution < -0.4 is 0 Å². The van der Waals surface area contributed by atoms with Crippen LogP contribution in [0.5, 0.6) is 0 Å². The zero-order valence-electron chi connectivity index (χ0n) is 36.9. The van der Waals surface area contributed by atoms with Gasteiger partial charge in [0, 0.05) is 0 Å². The molecule has 2 aliphatic carbocycles. The van der Waals surface area contributed by atoms with Crippen molar-refractivity contribution in [2.75, 3.05) is 0 Å². The van der Waals surface area contributed by atoms with Gasteiger partial charge in [-0.2, -0.15) is 0 Å². The van der Waals surface area contributed by atoms with E-state index >= 15 is 0 Å². The number of rotatable bonds is 4. The highest BCUT2D eigenvalue weighted by Gasteiger charge is 2.39. The summed E-state index contributed by atoms with van der Waals surface area (Å²) in [6.07, 6.45) is 0. The first kappa shape index (κ1) is 37.1. The van der Waals surface area contributed by atoms with E-state index in [1.165, 1.54) is 149 Å². The molecule has 0 heterocycles. The molecule has 0 nitrogen and oxygen atoms in total. The van der Waals surface area contributed by atoms with E-state index in [1.807, 2.05) is 0 Å². The molecule has 0 N–H and O–H groups in total. The van der Waals surface area contributed by atoms with Crippen molar-refractivity contribution >= 4 is 43.1 Å².